The number of hydrogen-bond donors (Lipinski definition) is 4. The monoisotopic (exact) mass is 468 g/mol. The van der Waals surface area contributed by atoms with E-state index in [0.717, 1.165) is 28.7 Å². The quantitative estimate of drug-likeness (QED) is 0.354. The zero-order valence-electron chi connectivity index (χ0n) is 19.3. The summed E-state index contributed by atoms with van der Waals surface area (Å²) in [7, 11) is 0. The molecule has 0 aromatic heterocycles. The maximum Gasteiger partial charge on any atom is 0.407 e. The first kappa shape index (κ1) is 25.2. The van der Waals surface area contributed by atoms with Gasteiger partial charge in [-0.2, -0.15) is 0 Å². The Morgan fingerprint density at radius 1 is 1.00 bits per heavy atom. The first-order chi connectivity index (χ1) is 16.4. The van der Waals surface area contributed by atoms with Crippen molar-refractivity contribution < 1.29 is 29.3 Å². The molecule has 0 saturated heterocycles. The second-order valence-corrected chi connectivity index (χ2v) is 8.68. The van der Waals surface area contributed by atoms with Gasteiger partial charge in [0.25, 0.3) is 0 Å². The minimum Gasteiger partial charge on any atom is -0.481 e. The van der Waals surface area contributed by atoms with Gasteiger partial charge in [-0.15, -0.1) is 0 Å². The van der Waals surface area contributed by atoms with Crippen LogP contribution >= 0.6 is 0 Å². The first-order valence-electron chi connectivity index (χ1n) is 11.6. The molecule has 2 aromatic rings. The number of aliphatic hydroxyl groups excluding tert-OH is 1. The van der Waals surface area contributed by atoms with E-state index in [9.17, 15) is 14.4 Å². The lowest BCUT2D eigenvalue weighted by molar-refractivity contribution is -0.137. The van der Waals surface area contributed by atoms with Crippen molar-refractivity contribution in [1.29, 1.82) is 0 Å². The number of carbonyl (C=O) groups excluding carboxylic acids is 2. The highest BCUT2D eigenvalue weighted by Crippen LogP contribution is 2.44. The number of aliphatic carboxylic acids is 1. The van der Waals surface area contributed by atoms with Crippen molar-refractivity contribution in [2.24, 2.45) is 5.92 Å². The lowest BCUT2D eigenvalue weighted by atomic mass is 9.98. The maximum atomic E-state index is 12.6. The van der Waals surface area contributed by atoms with E-state index in [2.05, 4.69) is 10.6 Å². The van der Waals surface area contributed by atoms with Crippen molar-refractivity contribution in [2.45, 2.75) is 44.6 Å². The van der Waals surface area contributed by atoms with Gasteiger partial charge in [-0.05, 0) is 47.4 Å². The number of carboxylic acid groups (broad SMARTS) is 1. The molecule has 8 nitrogen and oxygen atoms in total. The van der Waals surface area contributed by atoms with E-state index in [0.29, 0.717) is 13.0 Å². The third kappa shape index (κ3) is 6.57. The van der Waals surface area contributed by atoms with Gasteiger partial charge in [0.2, 0.25) is 5.91 Å². The molecular formula is C26H32N2O6. The van der Waals surface area contributed by atoms with Gasteiger partial charge in [-0.25, -0.2) is 4.79 Å². The van der Waals surface area contributed by atoms with Gasteiger partial charge in [-0.1, -0.05) is 55.5 Å². The molecule has 4 N–H and O–H groups in total. The Hall–Kier alpha value is -3.39. The van der Waals surface area contributed by atoms with Crippen molar-refractivity contribution in [3.8, 4) is 11.1 Å². The molecule has 0 saturated carbocycles. The van der Waals surface area contributed by atoms with Crippen molar-refractivity contribution in [1.82, 2.24) is 10.6 Å². The van der Waals surface area contributed by atoms with Crippen molar-refractivity contribution >= 4 is 18.0 Å². The smallest absolute Gasteiger partial charge is 0.407 e. The fraction of sp³-hybridized carbons (Fsp3) is 0.423. The molecule has 182 valence electrons. The van der Waals surface area contributed by atoms with Crippen LogP contribution in [0, 0.1) is 5.92 Å². The predicted molar refractivity (Wildman–Crippen MR) is 127 cm³/mol. The topological polar surface area (TPSA) is 125 Å². The summed E-state index contributed by atoms with van der Waals surface area (Å²) in [6.45, 7) is 2.47. The van der Waals surface area contributed by atoms with Gasteiger partial charge in [-0.3, -0.25) is 9.59 Å². The lowest BCUT2D eigenvalue weighted by Crippen LogP contribution is -2.47. The van der Waals surface area contributed by atoms with Crippen LogP contribution in [0.4, 0.5) is 4.79 Å². The summed E-state index contributed by atoms with van der Waals surface area (Å²) in [6.07, 6.45) is 0.351. The minimum absolute atomic E-state index is 0.0432. The third-order valence-electron chi connectivity index (χ3n) is 6.08. The summed E-state index contributed by atoms with van der Waals surface area (Å²) in [5.41, 5.74) is 4.38. The number of nitrogens with one attached hydrogen (secondary N) is 2. The van der Waals surface area contributed by atoms with Crippen LogP contribution in [-0.4, -0.2) is 54.0 Å². The van der Waals surface area contributed by atoms with Crippen LogP contribution < -0.4 is 10.6 Å². The zero-order valence-corrected chi connectivity index (χ0v) is 19.3. The number of fused-ring (bicyclic) bond motifs is 3. The molecule has 2 amide bonds. The van der Waals surface area contributed by atoms with Crippen molar-refractivity contribution in [2.75, 3.05) is 19.8 Å². The van der Waals surface area contributed by atoms with E-state index in [1.165, 1.54) is 0 Å². The second-order valence-electron chi connectivity index (χ2n) is 8.68. The van der Waals surface area contributed by atoms with E-state index in [1.54, 1.807) is 0 Å². The number of rotatable bonds is 12. The normalized spacial score (nSPS) is 13.9. The predicted octanol–water partition coefficient (Wildman–Crippen LogP) is 3.28. The Morgan fingerprint density at radius 3 is 2.21 bits per heavy atom. The number of carbonyl (C=O) groups is 3. The Morgan fingerprint density at radius 2 is 1.62 bits per heavy atom. The molecule has 0 bridgehead atoms. The average molecular weight is 469 g/mol. The number of hydrogen-bond acceptors (Lipinski definition) is 5. The third-order valence-corrected chi connectivity index (χ3v) is 6.08. The molecule has 1 aliphatic carbocycles. The number of aliphatic hydroxyl groups is 1. The van der Waals surface area contributed by atoms with Crippen LogP contribution in [0.1, 0.15) is 49.7 Å². The molecule has 1 aliphatic rings. The van der Waals surface area contributed by atoms with Gasteiger partial charge in [0.15, 0.2) is 0 Å². The molecule has 0 radical (unpaired) electrons. The standard InChI is InChI=1S/C26H32N2O6/c1-17(15-29)7-6-14-27-25(32)23(12-13-24(30)31)28-26(33)34-16-22-20-10-4-2-8-18(20)19-9-3-5-11-21(19)22/h2-5,8-11,17,22-23,29H,6-7,12-16H2,1H3,(H,27,32)(H,28,33)(H,30,31). The molecule has 0 heterocycles. The summed E-state index contributed by atoms with van der Waals surface area (Å²) in [5, 5.41) is 23.4. The molecule has 3 rings (SSSR count). The maximum absolute atomic E-state index is 12.6. The van der Waals surface area contributed by atoms with Crippen LogP contribution in [0.25, 0.3) is 11.1 Å². The highest BCUT2D eigenvalue weighted by Gasteiger charge is 2.30. The van der Waals surface area contributed by atoms with Gasteiger partial charge in [0, 0.05) is 25.5 Å². The van der Waals surface area contributed by atoms with Crippen molar-refractivity contribution in [3.63, 3.8) is 0 Å². The van der Waals surface area contributed by atoms with E-state index < -0.39 is 24.0 Å². The van der Waals surface area contributed by atoms with Crippen LogP contribution in [-0.2, 0) is 14.3 Å². The lowest BCUT2D eigenvalue weighted by Gasteiger charge is -2.19. The second kappa shape index (κ2) is 12.2. The highest BCUT2D eigenvalue weighted by atomic mass is 16.5. The number of amides is 2. The van der Waals surface area contributed by atoms with E-state index in [-0.39, 0.29) is 37.9 Å². The largest absolute Gasteiger partial charge is 0.481 e. The highest BCUT2D eigenvalue weighted by molar-refractivity contribution is 5.86. The molecule has 2 atom stereocenters. The number of benzene rings is 2. The Kier molecular flexibility index (Phi) is 9.04. The average Bonchev–Trinajstić information content (AvgIpc) is 3.16. The minimum atomic E-state index is -1.05. The van der Waals surface area contributed by atoms with Gasteiger partial charge < -0.3 is 25.6 Å². The summed E-state index contributed by atoms with van der Waals surface area (Å²) in [5.74, 6) is -1.48. The van der Waals surface area contributed by atoms with Crippen LogP contribution in [0.2, 0.25) is 0 Å². The summed E-state index contributed by atoms with van der Waals surface area (Å²) in [6, 6.07) is 15.0. The summed E-state index contributed by atoms with van der Waals surface area (Å²) in [4.78, 5) is 36.1. The van der Waals surface area contributed by atoms with Gasteiger partial charge in [0.1, 0.15) is 12.6 Å². The van der Waals surface area contributed by atoms with Crippen LogP contribution in [0.3, 0.4) is 0 Å². The van der Waals surface area contributed by atoms with Crippen LogP contribution in [0.5, 0.6) is 0 Å². The van der Waals surface area contributed by atoms with E-state index in [1.807, 2.05) is 55.5 Å². The zero-order chi connectivity index (χ0) is 24.5. The molecule has 2 unspecified atom stereocenters. The first-order valence-corrected chi connectivity index (χ1v) is 11.6. The van der Waals surface area contributed by atoms with Gasteiger partial charge in [0.05, 0.1) is 0 Å². The molecule has 0 fully saturated rings. The Bertz CT molecular complexity index is 963. The molecule has 2 aromatic carbocycles. The van der Waals surface area contributed by atoms with Crippen LogP contribution in [0.15, 0.2) is 48.5 Å². The molecular weight excluding hydrogens is 436 g/mol. The van der Waals surface area contributed by atoms with Gasteiger partial charge >= 0.3 is 12.1 Å². The summed E-state index contributed by atoms with van der Waals surface area (Å²) >= 11 is 0. The number of carboxylic acids is 1. The Balaban J connectivity index is 1.58. The Labute approximate surface area is 199 Å². The SMILES string of the molecule is CC(CO)CCCNC(=O)C(CCC(=O)O)NC(=O)OCC1c2ccccc2-c2ccccc21. The molecule has 34 heavy (non-hydrogen) atoms. The fourth-order valence-corrected chi connectivity index (χ4v) is 4.20. The molecule has 0 spiro atoms. The van der Waals surface area contributed by atoms with Crippen molar-refractivity contribution in [3.05, 3.63) is 59.7 Å². The molecule has 8 heteroatoms. The number of ether oxygens (including phenoxy) is 1. The summed E-state index contributed by atoms with van der Waals surface area (Å²) < 4.78 is 5.49. The fourth-order valence-electron chi connectivity index (χ4n) is 4.20. The number of alkyl carbamates (subject to hydrolysis) is 1. The molecule has 0 aliphatic heterocycles. The van der Waals surface area contributed by atoms with E-state index in [4.69, 9.17) is 14.9 Å². The van der Waals surface area contributed by atoms with E-state index >= 15 is 0 Å².